The van der Waals surface area contributed by atoms with E-state index in [2.05, 4.69) is 47.6 Å². The van der Waals surface area contributed by atoms with Crippen LogP contribution in [0.25, 0.3) is 0 Å². The maximum atomic E-state index is 12.9. The smallest absolute Gasteiger partial charge is 0.237 e. The third-order valence-electron chi connectivity index (χ3n) is 6.12. The van der Waals surface area contributed by atoms with Crippen LogP contribution in [-0.4, -0.2) is 36.5 Å². The highest BCUT2D eigenvalue weighted by Gasteiger charge is 2.24. The highest BCUT2D eigenvalue weighted by Crippen LogP contribution is 2.19. The molecule has 0 radical (unpaired) electrons. The summed E-state index contributed by atoms with van der Waals surface area (Å²) in [5, 5.41) is 16.4. The number of halogens is 1. The molecule has 32 heavy (non-hydrogen) atoms. The van der Waals surface area contributed by atoms with Crippen molar-refractivity contribution in [3.63, 3.8) is 0 Å². The second-order valence-corrected chi connectivity index (χ2v) is 9.44. The number of nitrogens with zero attached hydrogens (tertiary/aromatic N) is 2. The van der Waals surface area contributed by atoms with Gasteiger partial charge in [-0.2, -0.15) is 5.26 Å². The van der Waals surface area contributed by atoms with Crippen LogP contribution in [0.3, 0.4) is 0 Å². The second-order valence-electron chi connectivity index (χ2n) is 9.01. The van der Waals surface area contributed by atoms with E-state index in [0.717, 1.165) is 49.6 Å². The lowest BCUT2D eigenvalue weighted by Gasteiger charge is -2.32. The average Bonchev–Trinajstić information content (AvgIpc) is 2.80. The third-order valence-corrected chi connectivity index (χ3v) is 6.37. The monoisotopic (exact) mass is 452 g/mol. The Morgan fingerprint density at radius 2 is 1.88 bits per heavy atom. The van der Waals surface area contributed by atoms with E-state index in [1.807, 2.05) is 30.3 Å². The van der Waals surface area contributed by atoms with E-state index in [4.69, 9.17) is 16.9 Å². The molecule has 1 heterocycles. The molecule has 2 aromatic carbocycles. The fraction of sp³-hybridized carbons (Fsp3) is 0.462. The van der Waals surface area contributed by atoms with E-state index < -0.39 is 0 Å². The Morgan fingerprint density at radius 1 is 1.16 bits per heavy atom. The first kappa shape index (κ1) is 24.3. The van der Waals surface area contributed by atoms with E-state index in [1.165, 1.54) is 5.56 Å². The molecule has 1 saturated heterocycles. The van der Waals surface area contributed by atoms with Gasteiger partial charge >= 0.3 is 0 Å². The number of rotatable bonds is 9. The topological polar surface area (TPSA) is 68.2 Å². The Balaban J connectivity index is 1.42. The van der Waals surface area contributed by atoms with Crippen LogP contribution in [0.15, 0.2) is 48.5 Å². The molecule has 0 aliphatic carbocycles. The molecule has 0 unspecified atom stereocenters. The van der Waals surface area contributed by atoms with Gasteiger partial charge < -0.3 is 10.6 Å². The molecule has 2 N–H and O–H groups in total. The molecular weight excluding hydrogens is 420 g/mol. The molecule has 1 atom stereocenters. The summed E-state index contributed by atoms with van der Waals surface area (Å²) in [6.07, 6.45) is 2.18. The molecule has 6 heteroatoms. The quantitative estimate of drug-likeness (QED) is 0.593. The number of hydrogen-bond acceptors (Lipinski definition) is 4. The minimum absolute atomic E-state index is 0.0556. The van der Waals surface area contributed by atoms with Gasteiger partial charge in [0.15, 0.2) is 0 Å². The third kappa shape index (κ3) is 7.34. The van der Waals surface area contributed by atoms with Crippen LogP contribution in [0.4, 0.5) is 0 Å². The van der Waals surface area contributed by atoms with Crippen molar-refractivity contribution in [3.8, 4) is 6.07 Å². The van der Waals surface area contributed by atoms with Crippen molar-refractivity contribution in [3.05, 3.63) is 70.2 Å². The number of carbonyl (C=O) groups is 1. The van der Waals surface area contributed by atoms with Gasteiger partial charge in [-0.15, -0.1) is 0 Å². The first-order valence-corrected chi connectivity index (χ1v) is 11.8. The maximum Gasteiger partial charge on any atom is 0.237 e. The van der Waals surface area contributed by atoms with E-state index in [-0.39, 0.29) is 17.9 Å². The number of nitriles is 1. The Labute approximate surface area is 196 Å². The molecule has 1 aliphatic rings. The molecule has 1 aliphatic heterocycles. The Bertz CT molecular complexity index is 914. The summed E-state index contributed by atoms with van der Waals surface area (Å²) in [7, 11) is 0. The minimum Gasteiger partial charge on any atom is -0.354 e. The van der Waals surface area contributed by atoms with Gasteiger partial charge in [-0.05, 0) is 73.2 Å². The molecule has 0 spiro atoms. The highest BCUT2D eigenvalue weighted by atomic mass is 35.5. The van der Waals surface area contributed by atoms with Gasteiger partial charge in [-0.25, -0.2) is 0 Å². The van der Waals surface area contributed by atoms with Crippen molar-refractivity contribution >= 4 is 17.5 Å². The van der Waals surface area contributed by atoms with Crippen LogP contribution < -0.4 is 10.6 Å². The number of amides is 1. The lowest BCUT2D eigenvalue weighted by molar-refractivity contribution is -0.124. The average molecular weight is 453 g/mol. The standard InChI is InChI=1S/C26H33ClN4O/c1-19(2)25(29-17-23-5-3-4-22(14-23)15-28)26(32)30-16-20-10-12-31(13-11-20)18-21-6-8-24(27)9-7-21/h3-9,14,19-20,25,29H,10-13,16-18H2,1-2H3,(H,30,32)/t25-/m0/s1. The second kappa shape index (κ2) is 12.0. The molecule has 0 bridgehead atoms. The van der Waals surface area contributed by atoms with Gasteiger partial charge in [0.25, 0.3) is 0 Å². The van der Waals surface area contributed by atoms with Gasteiger partial charge in [0, 0.05) is 24.7 Å². The zero-order valence-corrected chi connectivity index (χ0v) is 19.7. The number of hydrogen-bond donors (Lipinski definition) is 2. The molecule has 1 fully saturated rings. The summed E-state index contributed by atoms with van der Waals surface area (Å²) in [6, 6.07) is 17.5. The van der Waals surface area contributed by atoms with Gasteiger partial charge in [-0.1, -0.05) is 49.7 Å². The fourth-order valence-electron chi connectivity index (χ4n) is 4.16. The van der Waals surface area contributed by atoms with Gasteiger partial charge in [0.2, 0.25) is 5.91 Å². The van der Waals surface area contributed by atoms with Crippen LogP contribution >= 0.6 is 11.6 Å². The van der Waals surface area contributed by atoms with E-state index in [1.54, 1.807) is 6.07 Å². The maximum absolute atomic E-state index is 12.9. The summed E-state index contributed by atoms with van der Waals surface area (Å²) < 4.78 is 0. The Hall–Kier alpha value is -2.39. The number of benzene rings is 2. The Kier molecular flexibility index (Phi) is 9.11. The minimum atomic E-state index is -0.259. The number of likely N-dealkylation sites (tertiary alicyclic amines) is 1. The van der Waals surface area contributed by atoms with Crippen molar-refractivity contribution in [2.75, 3.05) is 19.6 Å². The van der Waals surface area contributed by atoms with Crippen molar-refractivity contribution in [2.24, 2.45) is 11.8 Å². The van der Waals surface area contributed by atoms with Gasteiger partial charge in [0.1, 0.15) is 0 Å². The first-order valence-electron chi connectivity index (χ1n) is 11.4. The summed E-state index contributed by atoms with van der Waals surface area (Å²) >= 11 is 5.97. The van der Waals surface area contributed by atoms with Gasteiger partial charge in [-0.3, -0.25) is 9.69 Å². The van der Waals surface area contributed by atoms with Crippen molar-refractivity contribution < 1.29 is 4.79 Å². The summed E-state index contributed by atoms with van der Waals surface area (Å²) in [5.74, 6) is 0.746. The summed E-state index contributed by atoms with van der Waals surface area (Å²) in [5.41, 5.74) is 2.93. The number of nitrogens with one attached hydrogen (secondary N) is 2. The lowest BCUT2D eigenvalue weighted by Crippen LogP contribution is -2.49. The Morgan fingerprint density at radius 3 is 2.53 bits per heavy atom. The SMILES string of the molecule is CC(C)[C@H](NCc1cccc(C#N)c1)C(=O)NCC1CCN(Cc2ccc(Cl)cc2)CC1. The molecular formula is C26H33ClN4O. The molecule has 0 saturated carbocycles. The largest absolute Gasteiger partial charge is 0.354 e. The first-order chi connectivity index (χ1) is 15.4. The van der Waals surface area contributed by atoms with Crippen LogP contribution in [0.5, 0.6) is 0 Å². The van der Waals surface area contributed by atoms with E-state index in [0.29, 0.717) is 18.0 Å². The summed E-state index contributed by atoms with van der Waals surface area (Å²) in [4.78, 5) is 15.3. The predicted octanol–water partition coefficient (Wildman–Crippen LogP) is 4.35. The number of piperidine rings is 1. The molecule has 5 nitrogen and oxygen atoms in total. The van der Waals surface area contributed by atoms with E-state index in [9.17, 15) is 4.79 Å². The zero-order valence-electron chi connectivity index (χ0n) is 19.0. The molecule has 170 valence electrons. The highest BCUT2D eigenvalue weighted by molar-refractivity contribution is 6.30. The summed E-state index contributed by atoms with van der Waals surface area (Å²) in [6.45, 7) is 8.44. The fourth-order valence-corrected chi connectivity index (χ4v) is 4.29. The predicted molar refractivity (Wildman–Crippen MR) is 129 cm³/mol. The zero-order chi connectivity index (χ0) is 22.9. The van der Waals surface area contributed by atoms with Crippen molar-refractivity contribution in [1.82, 2.24) is 15.5 Å². The van der Waals surface area contributed by atoms with Crippen LogP contribution in [0.2, 0.25) is 5.02 Å². The van der Waals surface area contributed by atoms with Crippen LogP contribution in [0, 0.1) is 23.2 Å². The molecule has 3 rings (SSSR count). The normalized spacial score (nSPS) is 16.0. The molecule has 0 aromatic heterocycles. The lowest BCUT2D eigenvalue weighted by atomic mass is 9.95. The van der Waals surface area contributed by atoms with Crippen molar-refractivity contribution in [2.45, 2.75) is 45.8 Å². The molecule has 2 aromatic rings. The molecule has 1 amide bonds. The number of carbonyl (C=O) groups excluding carboxylic acids is 1. The van der Waals surface area contributed by atoms with Crippen LogP contribution in [0.1, 0.15) is 43.4 Å². The van der Waals surface area contributed by atoms with Crippen LogP contribution in [-0.2, 0) is 17.9 Å². The van der Waals surface area contributed by atoms with Gasteiger partial charge in [0.05, 0.1) is 17.7 Å². The van der Waals surface area contributed by atoms with E-state index >= 15 is 0 Å². The van der Waals surface area contributed by atoms with Crippen molar-refractivity contribution in [1.29, 1.82) is 5.26 Å².